The van der Waals surface area contributed by atoms with Crippen molar-refractivity contribution in [1.82, 2.24) is 19.8 Å². The molecule has 1 amide bonds. The summed E-state index contributed by atoms with van der Waals surface area (Å²) in [6.07, 6.45) is 3.22. The van der Waals surface area contributed by atoms with Gasteiger partial charge in [0.1, 0.15) is 5.82 Å². The van der Waals surface area contributed by atoms with Crippen LogP contribution in [0.4, 0.5) is 0 Å². The van der Waals surface area contributed by atoms with Crippen LogP contribution < -0.4 is 5.32 Å². The average Bonchev–Trinajstić information content (AvgIpc) is 3.39. The molecule has 2 aromatic rings. The molecule has 0 unspecified atom stereocenters. The molecular weight excluding hydrogens is 300 g/mol. The number of aryl methyl sites for hydroxylation is 1. The Morgan fingerprint density at radius 2 is 2.08 bits per heavy atom. The van der Waals surface area contributed by atoms with Gasteiger partial charge in [0, 0.05) is 32.1 Å². The number of hydrogen-bond acceptors (Lipinski definition) is 3. The number of likely N-dealkylation sites (tertiary alicyclic amines) is 1. The number of amides is 1. The van der Waals surface area contributed by atoms with E-state index >= 15 is 0 Å². The summed E-state index contributed by atoms with van der Waals surface area (Å²) in [5.74, 6) is 2.27. The number of hydrogen-bond donors (Lipinski definition) is 1. The minimum Gasteiger partial charge on any atom is -0.342 e. The molecule has 1 saturated carbocycles. The summed E-state index contributed by atoms with van der Waals surface area (Å²) in [7, 11) is 2.08. The second kappa shape index (κ2) is 6.20. The first-order valence-corrected chi connectivity index (χ1v) is 9.06. The van der Waals surface area contributed by atoms with Crippen LogP contribution in [0.15, 0.2) is 24.3 Å². The van der Waals surface area contributed by atoms with Crippen LogP contribution in [0, 0.1) is 11.8 Å². The Hall–Kier alpha value is -1.88. The van der Waals surface area contributed by atoms with E-state index in [4.69, 9.17) is 4.98 Å². The first-order valence-electron chi connectivity index (χ1n) is 9.06. The van der Waals surface area contributed by atoms with Crippen LogP contribution in [0.25, 0.3) is 11.0 Å². The second-order valence-electron chi connectivity index (χ2n) is 7.39. The van der Waals surface area contributed by atoms with Gasteiger partial charge in [-0.1, -0.05) is 19.1 Å². The van der Waals surface area contributed by atoms with Gasteiger partial charge in [0.25, 0.3) is 0 Å². The van der Waals surface area contributed by atoms with Crippen LogP contribution in [-0.4, -0.2) is 39.5 Å². The van der Waals surface area contributed by atoms with Gasteiger partial charge in [-0.05, 0) is 37.3 Å². The molecule has 2 atom stereocenters. The lowest BCUT2D eigenvalue weighted by molar-refractivity contribution is -0.134. The lowest BCUT2D eigenvalue weighted by Gasteiger charge is -2.37. The van der Waals surface area contributed by atoms with E-state index in [2.05, 4.69) is 47.0 Å². The Morgan fingerprint density at radius 3 is 2.79 bits per heavy atom. The van der Waals surface area contributed by atoms with Crippen LogP contribution in [0.1, 0.15) is 32.0 Å². The number of fused-ring (bicyclic) bond motifs is 1. The maximum atomic E-state index is 12.2. The fourth-order valence-electron chi connectivity index (χ4n) is 3.81. The fourth-order valence-corrected chi connectivity index (χ4v) is 3.81. The SMILES string of the molecule is C[C@@H]1CN(C(=O)C2CC2)CC[C@@H]1NCc1nc2ccccc2n1C. The van der Waals surface area contributed by atoms with Crippen molar-refractivity contribution in [1.29, 1.82) is 0 Å². The van der Waals surface area contributed by atoms with Gasteiger partial charge in [-0.25, -0.2) is 4.98 Å². The highest BCUT2D eigenvalue weighted by molar-refractivity contribution is 5.81. The first kappa shape index (κ1) is 15.6. The Kier molecular flexibility index (Phi) is 4.04. The summed E-state index contributed by atoms with van der Waals surface area (Å²) >= 11 is 0. The highest BCUT2D eigenvalue weighted by Crippen LogP contribution is 2.32. The number of carbonyl (C=O) groups is 1. The van der Waals surface area contributed by atoms with Crippen molar-refractivity contribution in [3.8, 4) is 0 Å². The van der Waals surface area contributed by atoms with Gasteiger partial charge in [-0.15, -0.1) is 0 Å². The summed E-state index contributed by atoms with van der Waals surface area (Å²) in [4.78, 5) is 19.0. The number of nitrogens with one attached hydrogen (secondary N) is 1. The molecule has 128 valence electrons. The number of carbonyl (C=O) groups excluding carboxylic acids is 1. The van der Waals surface area contributed by atoms with E-state index in [-0.39, 0.29) is 0 Å². The highest BCUT2D eigenvalue weighted by atomic mass is 16.2. The van der Waals surface area contributed by atoms with Crippen molar-refractivity contribution in [2.75, 3.05) is 13.1 Å². The molecule has 1 aliphatic heterocycles. The highest BCUT2D eigenvalue weighted by Gasteiger charge is 2.36. The lowest BCUT2D eigenvalue weighted by Crippen LogP contribution is -2.50. The number of rotatable bonds is 4. The van der Waals surface area contributed by atoms with Crippen LogP contribution >= 0.6 is 0 Å². The Balaban J connectivity index is 1.37. The van der Waals surface area contributed by atoms with Crippen LogP contribution in [0.3, 0.4) is 0 Å². The maximum Gasteiger partial charge on any atom is 0.225 e. The largest absolute Gasteiger partial charge is 0.342 e. The molecule has 2 heterocycles. The number of imidazole rings is 1. The standard InChI is InChI=1S/C19H26N4O/c1-13-12-23(19(24)14-7-8-14)10-9-15(13)20-11-18-21-16-5-3-4-6-17(16)22(18)2/h3-6,13-15,20H,7-12H2,1-2H3/t13-,15+/m1/s1. The summed E-state index contributed by atoms with van der Waals surface area (Å²) in [6.45, 7) is 4.80. The van der Waals surface area contributed by atoms with Gasteiger partial charge in [0.15, 0.2) is 0 Å². The van der Waals surface area contributed by atoms with E-state index in [9.17, 15) is 4.79 Å². The van der Waals surface area contributed by atoms with E-state index in [1.807, 2.05) is 6.07 Å². The first-order chi connectivity index (χ1) is 11.6. The average molecular weight is 326 g/mol. The number of para-hydroxylation sites is 2. The third kappa shape index (κ3) is 2.93. The van der Waals surface area contributed by atoms with E-state index in [0.717, 1.165) is 50.2 Å². The molecule has 1 aromatic carbocycles. The normalized spacial score (nSPS) is 24.5. The van der Waals surface area contributed by atoms with E-state index < -0.39 is 0 Å². The molecule has 1 N–H and O–H groups in total. The van der Waals surface area contributed by atoms with Gasteiger partial charge in [-0.2, -0.15) is 0 Å². The predicted octanol–water partition coefficient (Wildman–Crippen LogP) is 2.31. The third-order valence-electron chi connectivity index (χ3n) is 5.55. The smallest absolute Gasteiger partial charge is 0.225 e. The Labute approximate surface area is 143 Å². The minimum absolute atomic E-state index is 0.335. The Morgan fingerprint density at radius 1 is 1.29 bits per heavy atom. The maximum absolute atomic E-state index is 12.2. The van der Waals surface area contributed by atoms with Crippen LogP contribution in [-0.2, 0) is 18.4 Å². The van der Waals surface area contributed by atoms with Crippen molar-refractivity contribution in [2.45, 2.75) is 38.8 Å². The second-order valence-corrected chi connectivity index (χ2v) is 7.39. The molecule has 2 fully saturated rings. The van der Waals surface area contributed by atoms with Gasteiger partial charge >= 0.3 is 0 Å². The fraction of sp³-hybridized carbons (Fsp3) is 0.579. The van der Waals surface area contributed by atoms with Crippen molar-refractivity contribution >= 4 is 16.9 Å². The molecule has 2 aliphatic rings. The summed E-state index contributed by atoms with van der Waals surface area (Å²) in [6, 6.07) is 8.70. The van der Waals surface area contributed by atoms with Crippen LogP contribution in [0.5, 0.6) is 0 Å². The molecule has 0 radical (unpaired) electrons. The van der Waals surface area contributed by atoms with Crippen molar-refractivity contribution in [2.24, 2.45) is 18.9 Å². The molecule has 0 bridgehead atoms. The van der Waals surface area contributed by atoms with Gasteiger partial charge < -0.3 is 14.8 Å². The zero-order chi connectivity index (χ0) is 16.7. The molecule has 1 saturated heterocycles. The van der Waals surface area contributed by atoms with Crippen LogP contribution in [0.2, 0.25) is 0 Å². The number of nitrogens with zero attached hydrogens (tertiary/aromatic N) is 3. The quantitative estimate of drug-likeness (QED) is 0.938. The molecule has 1 aromatic heterocycles. The number of aromatic nitrogens is 2. The molecule has 5 heteroatoms. The van der Waals surface area contributed by atoms with E-state index in [1.54, 1.807) is 0 Å². The number of benzene rings is 1. The van der Waals surface area contributed by atoms with Gasteiger partial charge in [0.05, 0.1) is 17.6 Å². The molecule has 0 spiro atoms. The van der Waals surface area contributed by atoms with Gasteiger partial charge in [0.2, 0.25) is 5.91 Å². The molecule has 24 heavy (non-hydrogen) atoms. The summed E-state index contributed by atoms with van der Waals surface area (Å²) < 4.78 is 2.17. The lowest BCUT2D eigenvalue weighted by atomic mass is 9.93. The molecule has 1 aliphatic carbocycles. The summed E-state index contributed by atoms with van der Waals surface area (Å²) in [5, 5.41) is 3.67. The predicted molar refractivity (Wildman–Crippen MR) is 94.4 cm³/mol. The summed E-state index contributed by atoms with van der Waals surface area (Å²) in [5.41, 5.74) is 2.22. The third-order valence-corrected chi connectivity index (χ3v) is 5.55. The topological polar surface area (TPSA) is 50.2 Å². The Bertz CT molecular complexity index is 749. The van der Waals surface area contributed by atoms with E-state index in [1.165, 1.54) is 5.52 Å². The molecule has 5 nitrogen and oxygen atoms in total. The molecule has 4 rings (SSSR count). The van der Waals surface area contributed by atoms with Gasteiger partial charge in [-0.3, -0.25) is 4.79 Å². The molecular formula is C19H26N4O. The zero-order valence-corrected chi connectivity index (χ0v) is 14.5. The number of piperidine rings is 1. The monoisotopic (exact) mass is 326 g/mol. The van der Waals surface area contributed by atoms with E-state index in [0.29, 0.717) is 23.8 Å². The minimum atomic E-state index is 0.335. The van der Waals surface area contributed by atoms with Crippen molar-refractivity contribution < 1.29 is 4.79 Å². The van der Waals surface area contributed by atoms with Crippen molar-refractivity contribution in [3.05, 3.63) is 30.1 Å². The van der Waals surface area contributed by atoms with Crippen molar-refractivity contribution in [3.63, 3.8) is 0 Å². The zero-order valence-electron chi connectivity index (χ0n) is 14.5.